The van der Waals surface area contributed by atoms with Gasteiger partial charge in [-0.25, -0.2) is 8.42 Å². The van der Waals surface area contributed by atoms with Gasteiger partial charge in [-0.15, -0.1) is 10.2 Å². The summed E-state index contributed by atoms with van der Waals surface area (Å²) in [4.78, 5) is 0.103. The fourth-order valence-corrected chi connectivity index (χ4v) is 3.74. The highest BCUT2D eigenvalue weighted by Gasteiger charge is 2.20. The summed E-state index contributed by atoms with van der Waals surface area (Å²) < 4.78 is 40.6. The van der Waals surface area contributed by atoms with Crippen molar-refractivity contribution in [2.45, 2.75) is 4.90 Å². The molecule has 1 aliphatic heterocycles. The molecule has 2 heterocycles. The van der Waals surface area contributed by atoms with Crippen molar-refractivity contribution in [3.8, 4) is 22.9 Å². The number of rotatable bonds is 4. The van der Waals surface area contributed by atoms with E-state index in [9.17, 15) is 8.42 Å². The molecule has 0 unspecified atom stereocenters. The maximum Gasteiger partial charge on any atom is 0.262 e. The predicted octanol–water partition coefficient (Wildman–Crippen LogP) is 2.05. The number of ether oxygens (including phenoxy) is 2. The lowest BCUT2D eigenvalue weighted by molar-refractivity contribution is 0.171. The molecule has 9 heteroatoms. The second-order valence-corrected chi connectivity index (χ2v) is 7.44. The van der Waals surface area contributed by atoms with Crippen LogP contribution in [0.5, 0.6) is 11.5 Å². The monoisotopic (exact) mass is 372 g/mol. The van der Waals surface area contributed by atoms with Crippen molar-refractivity contribution in [3.05, 3.63) is 48.8 Å². The second-order valence-electron chi connectivity index (χ2n) is 5.76. The van der Waals surface area contributed by atoms with Gasteiger partial charge in [-0.05, 0) is 24.3 Å². The number of anilines is 1. The Morgan fingerprint density at radius 3 is 2.65 bits per heavy atom. The minimum absolute atomic E-state index is 0.103. The molecule has 26 heavy (non-hydrogen) atoms. The number of nitrogens with zero attached hydrogens (tertiary/aromatic N) is 3. The van der Waals surface area contributed by atoms with E-state index in [4.69, 9.17) is 9.47 Å². The highest BCUT2D eigenvalue weighted by molar-refractivity contribution is 7.92. The van der Waals surface area contributed by atoms with E-state index in [2.05, 4.69) is 14.9 Å². The molecule has 0 saturated heterocycles. The van der Waals surface area contributed by atoms with Gasteiger partial charge < -0.3 is 14.0 Å². The Hall–Kier alpha value is -3.07. The van der Waals surface area contributed by atoms with Crippen molar-refractivity contribution in [2.24, 2.45) is 7.05 Å². The molecule has 4 rings (SSSR count). The molecule has 8 nitrogen and oxygen atoms in total. The summed E-state index contributed by atoms with van der Waals surface area (Å²) in [6.07, 6.45) is 1.58. The number of hydrogen-bond donors (Lipinski definition) is 1. The molecular formula is C17H16N4O4S. The average molecular weight is 372 g/mol. The van der Waals surface area contributed by atoms with Gasteiger partial charge in [0.15, 0.2) is 17.3 Å². The van der Waals surface area contributed by atoms with E-state index in [0.29, 0.717) is 36.2 Å². The summed E-state index contributed by atoms with van der Waals surface area (Å²) in [5, 5.41) is 7.87. The molecule has 0 spiro atoms. The van der Waals surface area contributed by atoms with Crippen LogP contribution in [0.15, 0.2) is 53.7 Å². The van der Waals surface area contributed by atoms with Gasteiger partial charge in [-0.3, -0.25) is 4.72 Å². The standard InChI is InChI=1S/C17H16N4O4S/c1-21-11-18-19-17(21)12-3-2-4-13(9-12)20-26(22,23)14-5-6-15-16(10-14)25-8-7-24-15/h2-6,9-11,20H,7-8H2,1H3. The number of benzene rings is 2. The van der Waals surface area contributed by atoms with Crippen LogP contribution >= 0.6 is 0 Å². The van der Waals surface area contributed by atoms with Crippen molar-refractivity contribution < 1.29 is 17.9 Å². The highest BCUT2D eigenvalue weighted by Crippen LogP contribution is 2.33. The summed E-state index contributed by atoms with van der Waals surface area (Å²) in [5.41, 5.74) is 1.19. The quantitative estimate of drug-likeness (QED) is 0.753. The number of sulfonamides is 1. The van der Waals surface area contributed by atoms with Crippen LogP contribution in [0.25, 0.3) is 11.4 Å². The van der Waals surface area contributed by atoms with Crippen molar-refractivity contribution >= 4 is 15.7 Å². The van der Waals surface area contributed by atoms with Crippen LogP contribution in [-0.2, 0) is 17.1 Å². The Bertz CT molecular complexity index is 1060. The third-order valence-electron chi connectivity index (χ3n) is 3.91. The first-order valence-electron chi connectivity index (χ1n) is 7.90. The lowest BCUT2D eigenvalue weighted by Crippen LogP contribution is -2.17. The highest BCUT2D eigenvalue weighted by atomic mass is 32.2. The maximum atomic E-state index is 12.7. The maximum absolute atomic E-state index is 12.7. The van der Waals surface area contributed by atoms with Gasteiger partial charge in [0.25, 0.3) is 10.0 Å². The van der Waals surface area contributed by atoms with Gasteiger partial charge in [0.2, 0.25) is 0 Å². The van der Waals surface area contributed by atoms with Gasteiger partial charge in [0.1, 0.15) is 19.5 Å². The lowest BCUT2D eigenvalue weighted by atomic mass is 10.2. The molecule has 0 atom stereocenters. The van der Waals surface area contributed by atoms with Crippen molar-refractivity contribution in [1.29, 1.82) is 0 Å². The summed E-state index contributed by atoms with van der Waals surface area (Å²) in [6, 6.07) is 11.5. The summed E-state index contributed by atoms with van der Waals surface area (Å²) >= 11 is 0. The Morgan fingerprint density at radius 2 is 1.88 bits per heavy atom. The lowest BCUT2D eigenvalue weighted by Gasteiger charge is -2.19. The zero-order valence-electron chi connectivity index (χ0n) is 13.9. The van der Waals surface area contributed by atoms with E-state index in [0.717, 1.165) is 5.56 Å². The van der Waals surface area contributed by atoms with Gasteiger partial charge >= 0.3 is 0 Å². The first-order valence-corrected chi connectivity index (χ1v) is 9.38. The van der Waals surface area contributed by atoms with Crippen LogP contribution < -0.4 is 14.2 Å². The Labute approximate surface area is 150 Å². The normalized spacial score (nSPS) is 13.4. The molecule has 2 aromatic carbocycles. The van der Waals surface area contributed by atoms with E-state index in [1.54, 1.807) is 35.2 Å². The molecule has 0 radical (unpaired) electrons. The summed E-state index contributed by atoms with van der Waals surface area (Å²) in [6.45, 7) is 0.843. The minimum Gasteiger partial charge on any atom is -0.486 e. The molecule has 0 fully saturated rings. The molecule has 0 aliphatic carbocycles. The SMILES string of the molecule is Cn1cnnc1-c1cccc(NS(=O)(=O)c2ccc3c(c2)OCCO3)c1. The number of nitrogens with one attached hydrogen (secondary N) is 1. The molecule has 3 aromatic rings. The van der Waals surface area contributed by atoms with E-state index in [-0.39, 0.29) is 4.90 Å². The number of aromatic nitrogens is 3. The van der Waals surface area contributed by atoms with Crippen LogP contribution in [0.3, 0.4) is 0 Å². The molecular weight excluding hydrogens is 356 g/mol. The van der Waals surface area contributed by atoms with Gasteiger partial charge in [0.05, 0.1) is 4.90 Å². The largest absolute Gasteiger partial charge is 0.486 e. The van der Waals surface area contributed by atoms with Crippen LogP contribution in [0.2, 0.25) is 0 Å². The van der Waals surface area contributed by atoms with Crippen molar-refractivity contribution in [3.63, 3.8) is 0 Å². The smallest absolute Gasteiger partial charge is 0.262 e. The Kier molecular flexibility index (Phi) is 4.00. The number of fused-ring (bicyclic) bond motifs is 1. The topological polar surface area (TPSA) is 95.3 Å². The van der Waals surface area contributed by atoms with Crippen LogP contribution in [0, 0.1) is 0 Å². The summed E-state index contributed by atoms with van der Waals surface area (Å²) in [5.74, 6) is 1.61. The number of hydrogen-bond acceptors (Lipinski definition) is 6. The third kappa shape index (κ3) is 3.08. The molecule has 0 bridgehead atoms. The van der Waals surface area contributed by atoms with E-state index in [1.807, 2.05) is 13.1 Å². The van der Waals surface area contributed by atoms with Gasteiger partial charge in [-0.1, -0.05) is 12.1 Å². The average Bonchev–Trinajstić information content (AvgIpc) is 3.07. The fourth-order valence-electron chi connectivity index (χ4n) is 2.67. The first kappa shape index (κ1) is 16.4. The zero-order valence-corrected chi connectivity index (χ0v) is 14.7. The van der Waals surface area contributed by atoms with E-state index in [1.165, 1.54) is 12.1 Å². The zero-order chi connectivity index (χ0) is 18.1. The van der Waals surface area contributed by atoms with Crippen molar-refractivity contribution in [1.82, 2.24) is 14.8 Å². The minimum atomic E-state index is -3.77. The Morgan fingerprint density at radius 1 is 1.08 bits per heavy atom. The van der Waals surface area contributed by atoms with Crippen LogP contribution in [0.1, 0.15) is 0 Å². The molecule has 1 aliphatic rings. The molecule has 0 saturated carbocycles. The molecule has 0 amide bonds. The first-order chi connectivity index (χ1) is 12.5. The summed E-state index contributed by atoms with van der Waals surface area (Å²) in [7, 11) is -1.95. The van der Waals surface area contributed by atoms with Gasteiger partial charge in [0, 0.05) is 24.4 Å². The Balaban J connectivity index is 1.63. The molecule has 1 aromatic heterocycles. The van der Waals surface area contributed by atoms with Gasteiger partial charge in [-0.2, -0.15) is 0 Å². The number of aryl methyl sites for hydroxylation is 1. The fraction of sp³-hybridized carbons (Fsp3) is 0.176. The second kappa shape index (κ2) is 6.34. The predicted molar refractivity (Wildman–Crippen MR) is 94.7 cm³/mol. The van der Waals surface area contributed by atoms with E-state index < -0.39 is 10.0 Å². The molecule has 134 valence electrons. The van der Waals surface area contributed by atoms with Crippen LogP contribution in [0.4, 0.5) is 5.69 Å². The van der Waals surface area contributed by atoms with Crippen LogP contribution in [-0.4, -0.2) is 36.4 Å². The van der Waals surface area contributed by atoms with E-state index >= 15 is 0 Å². The third-order valence-corrected chi connectivity index (χ3v) is 5.29. The molecule has 1 N–H and O–H groups in total. The van der Waals surface area contributed by atoms with Crippen molar-refractivity contribution in [2.75, 3.05) is 17.9 Å².